The molecule has 6 nitrogen and oxygen atoms in total. The summed E-state index contributed by atoms with van der Waals surface area (Å²) in [6, 6.07) is 14.1. The van der Waals surface area contributed by atoms with E-state index in [1.165, 1.54) is 0 Å². The summed E-state index contributed by atoms with van der Waals surface area (Å²) in [7, 11) is 1.62. The van der Waals surface area contributed by atoms with E-state index in [0.717, 1.165) is 35.6 Å². The van der Waals surface area contributed by atoms with Crippen LogP contribution in [0.15, 0.2) is 36.4 Å². The number of nitrogens with zero attached hydrogens (tertiary/aromatic N) is 1. The molecule has 0 saturated carbocycles. The van der Waals surface area contributed by atoms with E-state index in [-0.39, 0.29) is 0 Å². The van der Waals surface area contributed by atoms with Crippen molar-refractivity contribution < 1.29 is 18.9 Å². The quantitative estimate of drug-likeness (QED) is 0.665. The van der Waals surface area contributed by atoms with Crippen LogP contribution in [0.1, 0.15) is 30.4 Å². The molecule has 1 aliphatic rings. The molecule has 1 N–H and O–H groups in total. The van der Waals surface area contributed by atoms with Crippen molar-refractivity contribution in [1.29, 1.82) is 5.26 Å². The minimum Gasteiger partial charge on any atom is -0.493 e. The molecule has 2 aromatic carbocycles. The van der Waals surface area contributed by atoms with Gasteiger partial charge in [0.05, 0.1) is 33.0 Å². The maximum atomic E-state index is 8.63. The number of benzene rings is 2. The second-order valence-electron chi connectivity index (χ2n) is 6.53. The Morgan fingerprint density at radius 3 is 2.54 bits per heavy atom. The number of unbranched alkanes of at least 4 members (excludes halogenated alkanes) is 1. The Hall–Kier alpha value is -2.91. The van der Waals surface area contributed by atoms with Gasteiger partial charge in [-0.1, -0.05) is 12.1 Å². The van der Waals surface area contributed by atoms with Crippen molar-refractivity contribution in [2.75, 3.05) is 26.9 Å². The van der Waals surface area contributed by atoms with E-state index in [1.807, 2.05) is 30.3 Å². The number of fused-ring (bicyclic) bond motifs is 1. The molecule has 0 radical (unpaired) electrons. The number of hydrogen-bond donors (Lipinski definition) is 1. The molecule has 1 heterocycles. The van der Waals surface area contributed by atoms with Crippen molar-refractivity contribution in [3.05, 3.63) is 47.5 Å². The van der Waals surface area contributed by atoms with Crippen LogP contribution in [0.5, 0.6) is 23.0 Å². The zero-order valence-corrected chi connectivity index (χ0v) is 16.2. The normalized spacial score (nSPS) is 12.7. The number of ether oxygens (including phenoxy) is 4. The number of nitriles is 1. The maximum absolute atomic E-state index is 8.63. The molecule has 0 unspecified atom stereocenters. The summed E-state index contributed by atoms with van der Waals surface area (Å²) in [5.74, 6) is 3.03. The third kappa shape index (κ3) is 5.54. The topological polar surface area (TPSA) is 72.7 Å². The van der Waals surface area contributed by atoms with Crippen molar-refractivity contribution in [3.63, 3.8) is 0 Å². The molecule has 0 bridgehead atoms. The van der Waals surface area contributed by atoms with Crippen molar-refractivity contribution in [1.82, 2.24) is 5.32 Å². The molecule has 0 amide bonds. The highest BCUT2D eigenvalue weighted by Crippen LogP contribution is 2.31. The fourth-order valence-corrected chi connectivity index (χ4v) is 2.95. The summed E-state index contributed by atoms with van der Waals surface area (Å²) < 4.78 is 22.6. The molecule has 0 saturated heterocycles. The Labute approximate surface area is 166 Å². The van der Waals surface area contributed by atoms with E-state index in [0.29, 0.717) is 50.7 Å². The molecule has 28 heavy (non-hydrogen) atoms. The SMILES string of the molecule is COc1ccc(CNCc2ccc3c(c2)OCCCO3)cc1OCCCC#N. The minimum absolute atomic E-state index is 0.485. The van der Waals surface area contributed by atoms with Gasteiger partial charge in [-0.2, -0.15) is 5.26 Å². The van der Waals surface area contributed by atoms with Crippen LogP contribution in [0, 0.1) is 11.3 Å². The van der Waals surface area contributed by atoms with Gasteiger partial charge in [0.2, 0.25) is 0 Å². The van der Waals surface area contributed by atoms with Gasteiger partial charge in [-0.05, 0) is 41.8 Å². The molecule has 0 atom stereocenters. The minimum atomic E-state index is 0.485. The average molecular weight is 382 g/mol. The van der Waals surface area contributed by atoms with Gasteiger partial charge in [0.1, 0.15) is 0 Å². The average Bonchev–Trinajstić information content (AvgIpc) is 2.96. The summed E-state index contributed by atoms with van der Waals surface area (Å²) in [6.45, 7) is 3.31. The first-order valence-electron chi connectivity index (χ1n) is 9.56. The van der Waals surface area contributed by atoms with E-state index in [4.69, 9.17) is 24.2 Å². The van der Waals surface area contributed by atoms with Crippen molar-refractivity contribution >= 4 is 0 Å². The molecule has 6 heteroatoms. The predicted molar refractivity (Wildman–Crippen MR) is 106 cm³/mol. The molecular weight excluding hydrogens is 356 g/mol. The fourth-order valence-electron chi connectivity index (χ4n) is 2.95. The molecule has 0 aromatic heterocycles. The lowest BCUT2D eigenvalue weighted by Crippen LogP contribution is -2.13. The van der Waals surface area contributed by atoms with Crippen LogP contribution >= 0.6 is 0 Å². The Morgan fingerprint density at radius 2 is 1.75 bits per heavy atom. The van der Waals surface area contributed by atoms with Gasteiger partial charge in [-0.3, -0.25) is 0 Å². The first-order chi connectivity index (χ1) is 13.8. The van der Waals surface area contributed by atoms with Gasteiger partial charge in [0.15, 0.2) is 23.0 Å². The van der Waals surface area contributed by atoms with Gasteiger partial charge < -0.3 is 24.3 Å². The zero-order chi connectivity index (χ0) is 19.6. The number of rotatable bonds is 9. The monoisotopic (exact) mass is 382 g/mol. The third-order valence-corrected chi connectivity index (χ3v) is 4.39. The summed E-state index contributed by atoms with van der Waals surface area (Å²) in [4.78, 5) is 0. The molecule has 148 valence electrons. The van der Waals surface area contributed by atoms with E-state index in [2.05, 4.69) is 17.5 Å². The van der Waals surface area contributed by atoms with Crippen LogP contribution in [0.4, 0.5) is 0 Å². The predicted octanol–water partition coefficient (Wildman–Crippen LogP) is 3.83. The Balaban J connectivity index is 1.55. The van der Waals surface area contributed by atoms with E-state index in [9.17, 15) is 0 Å². The van der Waals surface area contributed by atoms with Gasteiger partial charge in [0.25, 0.3) is 0 Å². The Kier molecular flexibility index (Phi) is 7.39. The number of nitrogens with one attached hydrogen (secondary N) is 1. The van der Waals surface area contributed by atoms with Crippen LogP contribution < -0.4 is 24.3 Å². The second kappa shape index (κ2) is 10.4. The Morgan fingerprint density at radius 1 is 1.00 bits per heavy atom. The molecule has 0 fully saturated rings. The lowest BCUT2D eigenvalue weighted by atomic mass is 10.1. The van der Waals surface area contributed by atoms with Gasteiger partial charge in [-0.25, -0.2) is 0 Å². The summed E-state index contributed by atoms with van der Waals surface area (Å²) in [5, 5.41) is 12.1. The summed E-state index contributed by atoms with van der Waals surface area (Å²) in [6.07, 6.45) is 2.09. The highest BCUT2D eigenvalue weighted by atomic mass is 16.5. The molecule has 1 aliphatic heterocycles. The molecule has 2 aromatic rings. The van der Waals surface area contributed by atoms with Crippen LogP contribution in [-0.2, 0) is 13.1 Å². The lowest BCUT2D eigenvalue weighted by Gasteiger charge is -2.13. The van der Waals surface area contributed by atoms with Crippen LogP contribution in [0.2, 0.25) is 0 Å². The second-order valence-corrected chi connectivity index (χ2v) is 6.53. The molecule has 3 rings (SSSR count). The summed E-state index contributed by atoms with van der Waals surface area (Å²) in [5.41, 5.74) is 2.25. The van der Waals surface area contributed by atoms with Crippen LogP contribution in [-0.4, -0.2) is 26.9 Å². The van der Waals surface area contributed by atoms with Crippen LogP contribution in [0.3, 0.4) is 0 Å². The summed E-state index contributed by atoms with van der Waals surface area (Å²) >= 11 is 0. The fraction of sp³-hybridized carbons (Fsp3) is 0.409. The van der Waals surface area contributed by atoms with Gasteiger partial charge in [-0.15, -0.1) is 0 Å². The zero-order valence-electron chi connectivity index (χ0n) is 16.2. The van der Waals surface area contributed by atoms with Crippen molar-refractivity contribution in [2.45, 2.75) is 32.4 Å². The lowest BCUT2D eigenvalue weighted by molar-refractivity contribution is 0.290. The largest absolute Gasteiger partial charge is 0.493 e. The van der Waals surface area contributed by atoms with Gasteiger partial charge >= 0.3 is 0 Å². The van der Waals surface area contributed by atoms with E-state index < -0.39 is 0 Å². The molecule has 0 spiro atoms. The highest BCUT2D eigenvalue weighted by molar-refractivity contribution is 5.44. The number of methoxy groups -OCH3 is 1. The van der Waals surface area contributed by atoms with E-state index in [1.54, 1.807) is 7.11 Å². The van der Waals surface area contributed by atoms with Crippen molar-refractivity contribution in [3.8, 4) is 29.1 Å². The van der Waals surface area contributed by atoms with Gasteiger partial charge in [0, 0.05) is 25.9 Å². The van der Waals surface area contributed by atoms with Crippen molar-refractivity contribution in [2.24, 2.45) is 0 Å². The highest BCUT2D eigenvalue weighted by Gasteiger charge is 2.11. The first-order valence-corrected chi connectivity index (χ1v) is 9.56. The number of hydrogen-bond acceptors (Lipinski definition) is 6. The first kappa shape index (κ1) is 19.8. The molecule has 0 aliphatic carbocycles. The molecular formula is C22H26N2O4. The van der Waals surface area contributed by atoms with Crippen LogP contribution in [0.25, 0.3) is 0 Å². The Bertz CT molecular complexity index is 817. The third-order valence-electron chi connectivity index (χ3n) is 4.39. The van der Waals surface area contributed by atoms with E-state index >= 15 is 0 Å². The maximum Gasteiger partial charge on any atom is 0.161 e. The smallest absolute Gasteiger partial charge is 0.161 e. The standard InChI is InChI=1S/C22H26N2O4/c1-25-19-7-5-17(13-21(19)27-10-3-2-9-23)15-24-16-18-6-8-20-22(14-18)28-12-4-11-26-20/h5-8,13-14,24H,2-4,10-12,15-16H2,1H3.